The molecule has 3 N–H and O–H groups in total. The molecule has 0 bridgehead atoms. The highest BCUT2D eigenvalue weighted by atomic mass is 32.2. The van der Waals surface area contributed by atoms with Crippen LogP contribution in [0.2, 0.25) is 0 Å². The van der Waals surface area contributed by atoms with Gasteiger partial charge in [0.15, 0.2) is 5.17 Å². The molecule has 0 saturated carbocycles. The van der Waals surface area contributed by atoms with E-state index in [2.05, 4.69) is 19.2 Å². The quantitative estimate of drug-likeness (QED) is 0.740. The lowest BCUT2D eigenvalue weighted by atomic mass is 9.79. The Morgan fingerprint density at radius 3 is 2.53 bits per heavy atom. The minimum Gasteiger partial charge on any atom is -0.508 e. The lowest BCUT2D eigenvalue weighted by Crippen LogP contribution is -2.51. The van der Waals surface area contributed by atoms with E-state index in [1.54, 1.807) is 23.9 Å². The first-order valence-electron chi connectivity index (χ1n) is 6.20. The molecule has 1 aromatic carbocycles. The number of hydrogen-bond donors (Lipinski definition) is 3. The van der Waals surface area contributed by atoms with Crippen molar-refractivity contribution in [2.45, 2.75) is 38.3 Å². The molecule has 1 aromatic rings. The Kier molecular flexibility index (Phi) is 3.43. The summed E-state index contributed by atoms with van der Waals surface area (Å²) in [6.07, 6.45) is 2.74. The number of phenols is 2. The highest BCUT2D eigenvalue weighted by molar-refractivity contribution is 8.13. The third-order valence-electron chi connectivity index (χ3n) is 3.33. The first kappa shape index (κ1) is 14.1. The number of aliphatic imine (C=N–C) groups is 1. The van der Waals surface area contributed by atoms with Crippen molar-refractivity contribution >= 4 is 16.9 Å². The largest absolute Gasteiger partial charge is 0.508 e. The lowest BCUT2D eigenvalue weighted by molar-refractivity contribution is 0.286. The van der Waals surface area contributed by atoms with E-state index < -0.39 is 5.54 Å². The minimum absolute atomic E-state index is 0.0621. The van der Waals surface area contributed by atoms with Crippen LogP contribution in [0.4, 0.5) is 0 Å². The van der Waals surface area contributed by atoms with Crippen LogP contribution in [-0.2, 0) is 5.54 Å². The molecule has 0 aliphatic carbocycles. The van der Waals surface area contributed by atoms with Crippen LogP contribution in [0.25, 0.3) is 0 Å². The summed E-state index contributed by atoms with van der Waals surface area (Å²) in [5, 5.41) is 23.7. The fourth-order valence-electron chi connectivity index (χ4n) is 2.71. The Morgan fingerprint density at radius 1 is 1.26 bits per heavy atom. The third-order valence-corrected chi connectivity index (χ3v) is 3.91. The summed E-state index contributed by atoms with van der Waals surface area (Å²) in [7, 11) is 0. The molecule has 1 heterocycles. The SMILES string of the molecule is CSC1=N[C@@](C)(c2ccc(O)cc2O)CC(C)(C)N1. The van der Waals surface area contributed by atoms with Gasteiger partial charge in [-0.3, -0.25) is 4.99 Å². The van der Waals surface area contributed by atoms with Crippen molar-refractivity contribution in [3.8, 4) is 11.5 Å². The van der Waals surface area contributed by atoms with Crippen LogP contribution in [-0.4, -0.2) is 27.2 Å². The number of benzene rings is 1. The summed E-state index contributed by atoms with van der Waals surface area (Å²) < 4.78 is 0. The molecule has 1 atom stereocenters. The molecule has 0 fully saturated rings. The van der Waals surface area contributed by atoms with Crippen molar-refractivity contribution in [1.82, 2.24) is 5.32 Å². The van der Waals surface area contributed by atoms with Crippen LogP contribution < -0.4 is 5.32 Å². The molecule has 2 rings (SSSR count). The van der Waals surface area contributed by atoms with Crippen molar-refractivity contribution in [2.24, 2.45) is 4.99 Å². The molecule has 19 heavy (non-hydrogen) atoms. The maximum atomic E-state index is 10.1. The molecule has 104 valence electrons. The van der Waals surface area contributed by atoms with Gasteiger partial charge < -0.3 is 15.5 Å². The van der Waals surface area contributed by atoms with Gasteiger partial charge in [0.2, 0.25) is 0 Å². The fourth-order valence-corrected chi connectivity index (χ4v) is 3.38. The highest BCUT2D eigenvalue weighted by Gasteiger charge is 2.40. The van der Waals surface area contributed by atoms with Gasteiger partial charge >= 0.3 is 0 Å². The molecule has 4 nitrogen and oxygen atoms in total. The minimum atomic E-state index is -0.495. The zero-order valence-corrected chi connectivity index (χ0v) is 12.5. The van der Waals surface area contributed by atoms with Crippen LogP contribution in [0.3, 0.4) is 0 Å². The molecule has 1 aliphatic heterocycles. The standard InChI is InChI=1S/C14H20N2O2S/c1-13(2)8-14(3,16-12(15-13)19-4)10-6-5-9(17)7-11(10)18/h5-7,17-18H,8H2,1-4H3,(H,15,16)/t14-/m1/s1. The molecule has 1 aliphatic rings. The van der Waals surface area contributed by atoms with Gasteiger partial charge in [0.05, 0.1) is 5.54 Å². The Morgan fingerprint density at radius 2 is 1.95 bits per heavy atom. The molecular formula is C14H20N2O2S. The maximum absolute atomic E-state index is 10.1. The number of nitrogens with one attached hydrogen (secondary N) is 1. The maximum Gasteiger partial charge on any atom is 0.157 e. The van der Waals surface area contributed by atoms with E-state index in [-0.39, 0.29) is 17.0 Å². The second kappa shape index (κ2) is 4.63. The number of thioether (sulfide) groups is 1. The summed E-state index contributed by atoms with van der Waals surface area (Å²) in [6.45, 7) is 6.25. The summed E-state index contributed by atoms with van der Waals surface area (Å²) in [6, 6.07) is 4.70. The lowest BCUT2D eigenvalue weighted by Gasteiger charge is -2.41. The van der Waals surface area contributed by atoms with Gasteiger partial charge in [-0.15, -0.1) is 0 Å². The summed E-state index contributed by atoms with van der Waals surface area (Å²) in [5.41, 5.74) is 0.149. The first-order chi connectivity index (χ1) is 8.76. The number of amidine groups is 1. The van der Waals surface area contributed by atoms with Crippen LogP contribution in [0.1, 0.15) is 32.8 Å². The topological polar surface area (TPSA) is 64.9 Å². The average Bonchev–Trinajstić information content (AvgIpc) is 2.25. The molecule has 0 unspecified atom stereocenters. The van der Waals surface area contributed by atoms with E-state index in [0.717, 1.165) is 17.2 Å². The number of phenolic OH excluding ortho intramolecular Hbond substituents is 2. The third kappa shape index (κ3) is 2.81. The Hall–Kier alpha value is -1.36. The van der Waals surface area contributed by atoms with E-state index in [1.807, 2.05) is 13.2 Å². The van der Waals surface area contributed by atoms with Gasteiger partial charge in [-0.25, -0.2) is 0 Å². The van der Waals surface area contributed by atoms with E-state index in [0.29, 0.717) is 0 Å². The van der Waals surface area contributed by atoms with Crippen LogP contribution >= 0.6 is 11.8 Å². The van der Waals surface area contributed by atoms with Gasteiger partial charge in [-0.1, -0.05) is 11.8 Å². The summed E-state index contributed by atoms with van der Waals surface area (Å²) >= 11 is 1.56. The van der Waals surface area contributed by atoms with Gasteiger partial charge in [-0.05, 0) is 45.6 Å². The van der Waals surface area contributed by atoms with E-state index in [4.69, 9.17) is 4.99 Å². The van der Waals surface area contributed by atoms with Crippen molar-refractivity contribution in [3.63, 3.8) is 0 Å². The normalized spacial score (nSPS) is 25.6. The van der Waals surface area contributed by atoms with Crippen molar-refractivity contribution < 1.29 is 10.2 Å². The van der Waals surface area contributed by atoms with Gasteiger partial charge in [0.25, 0.3) is 0 Å². The van der Waals surface area contributed by atoms with Gasteiger partial charge in [0.1, 0.15) is 11.5 Å². The predicted molar refractivity (Wildman–Crippen MR) is 79.9 cm³/mol. The van der Waals surface area contributed by atoms with Crippen LogP contribution in [0.15, 0.2) is 23.2 Å². The van der Waals surface area contributed by atoms with E-state index in [1.165, 1.54) is 6.07 Å². The molecule has 0 amide bonds. The number of aromatic hydroxyl groups is 2. The average molecular weight is 280 g/mol. The van der Waals surface area contributed by atoms with Crippen molar-refractivity contribution in [2.75, 3.05) is 6.26 Å². The molecule has 0 saturated heterocycles. The smallest absolute Gasteiger partial charge is 0.157 e. The van der Waals surface area contributed by atoms with Crippen LogP contribution in [0.5, 0.6) is 11.5 Å². The van der Waals surface area contributed by atoms with Crippen LogP contribution in [0, 0.1) is 0 Å². The van der Waals surface area contributed by atoms with Gasteiger partial charge in [0, 0.05) is 17.2 Å². The zero-order valence-electron chi connectivity index (χ0n) is 11.7. The van der Waals surface area contributed by atoms with E-state index in [9.17, 15) is 10.2 Å². The first-order valence-corrected chi connectivity index (χ1v) is 7.43. The second-order valence-electron chi connectivity index (χ2n) is 5.78. The molecule has 0 aromatic heterocycles. The number of nitrogens with zero attached hydrogens (tertiary/aromatic N) is 1. The molecular weight excluding hydrogens is 260 g/mol. The summed E-state index contributed by atoms with van der Waals surface area (Å²) in [4.78, 5) is 4.72. The predicted octanol–water partition coefficient (Wildman–Crippen LogP) is 2.80. The highest BCUT2D eigenvalue weighted by Crippen LogP contribution is 2.42. The Labute approximate surface area is 118 Å². The number of hydrogen-bond acceptors (Lipinski definition) is 5. The Bertz CT molecular complexity index is 528. The van der Waals surface area contributed by atoms with E-state index >= 15 is 0 Å². The van der Waals surface area contributed by atoms with Crippen molar-refractivity contribution in [3.05, 3.63) is 23.8 Å². The fraction of sp³-hybridized carbons (Fsp3) is 0.500. The number of rotatable bonds is 1. The monoisotopic (exact) mass is 280 g/mol. The second-order valence-corrected chi connectivity index (χ2v) is 6.58. The van der Waals surface area contributed by atoms with Crippen molar-refractivity contribution in [1.29, 1.82) is 0 Å². The molecule has 0 radical (unpaired) electrons. The molecule has 0 spiro atoms. The van der Waals surface area contributed by atoms with Gasteiger partial charge in [-0.2, -0.15) is 0 Å². The zero-order chi connectivity index (χ0) is 14.3. The Balaban J connectivity index is 2.51. The summed E-state index contributed by atoms with van der Waals surface area (Å²) in [5.74, 6) is 0.150. The molecule has 5 heteroatoms.